The first-order chi connectivity index (χ1) is 21.1. The Morgan fingerprint density at radius 1 is 1.07 bits per heavy atom. The van der Waals surface area contributed by atoms with Crippen molar-refractivity contribution >= 4 is 30.1 Å². The summed E-state index contributed by atoms with van der Waals surface area (Å²) in [6, 6.07) is 14.5. The van der Waals surface area contributed by atoms with Crippen LogP contribution in [0.4, 0.5) is 10.1 Å². The zero-order valence-corrected chi connectivity index (χ0v) is 27.1. The number of nitrogens with one attached hydrogen (secondary N) is 2. The van der Waals surface area contributed by atoms with Crippen molar-refractivity contribution in [2.24, 2.45) is 0 Å². The average Bonchev–Trinajstić information content (AvgIpc) is 3.55. The molecule has 0 spiro atoms. The number of hydrogen-bond donors (Lipinski definition) is 2. The van der Waals surface area contributed by atoms with Gasteiger partial charge in [-0.15, -0.1) is 0 Å². The molecular formula is C35H49BFN3O4. The van der Waals surface area contributed by atoms with E-state index in [0.717, 1.165) is 97.5 Å². The predicted molar refractivity (Wildman–Crippen MR) is 177 cm³/mol. The molecule has 3 saturated heterocycles. The Hall–Kier alpha value is -2.72. The van der Waals surface area contributed by atoms with E-state index in [0.29, 0.717) is 6.42 Å². The molecule has 2 N–H and O–H groups in total. The van der Waals surface area contributed by atoms with Gasteiger partial charge in [-0.25, -0.2) is 0 Å². The van der Waals surface area contributed by atoms with Crippen LogP contribution in [-0.2, 0) is 14.0 Å². The molecule has 2 atom stereocenters. The first kappa shape index (κ1) is 32.7. The molecule has 9 heteroatoms. The van der Waals surface area contributed by atoms with Crippen molar-refractivity contribution in [2.75, 3.05) is 38.2 Å². The average molecular weight is 606 g/mol. The fraction of sp³-hybridized carbons (Fsp3) is 0.571. The molecule has 238 valence electrons. The normalized spacial score (nSPS) is 23.8. The number of anilines is 1. The lowest BCUT2D eigenvalue weighted by molar-refractivity contribution is 0.00578. The maximum absolute atomic E-state index is 12.6. The second-order valence-corrected chi connectivity index (χ2v) is 13.2. The van der Waals surface area contributed by atoms with E-state index in [2.05, 4.69) is 69.1 Å². The highest BCUT2D eigenvalue weighted by atomic mass is 19.1. The zero-order valence-electron chi connectivity index (χ0n) is 27.1. The lowest BCUT2D eigenvalue weighted by Crippen LogP contribution is -2.41. The predicted octanol–water partition coefficient (Wildman–Crippen LogP) is 7.39. The molecule has 0 amide bonds. The van der Waals surface area contributed by atoms with Gasteiger partial charge >= 0.3 is 7.12 Å². The Bertz CT molecular complexity index is 1290. The van der Waals surface area contributed by atoms with E-state index in [-0.39, 0.29) is 19.0 Å². The fourth-order valence-electron chi connectivity index (χ4n) is 6.28. The Morgan fingerprint density at radius 2 is 1.80 bits per heavy atom. The molecule has 1 unspecified atom stereocenters. The largest absolute Gasteiger partial charge is 0.495 e. The summed E-state index contributed by atoms with van der Waals surface area (Å²) in [6.07, 6.45) is 6.95. The van der Waals surface area contributed by atoms with Gasteiger partial charge in [0.2, 0.25) is 0 Å². The lowest BCUT2D eigenvalue weighted by Gasteiger charge is -2.32. The Labute approximate surface area is 263 Å². The van der Waals surface area contributed by atoms with Crippen molar-refractivity contribution in [3.63, 3.8) is 0 Å². The standard InChI is InChI=1S/C35H49BFN3O4/c1-6-30(25-11-14-28(15-12-25)42-29-17-20-40(24-29)19-9-18-37)33(36-43-34(2,3)35(4,5)44-36)26-13-16-31(27(22-26)23-38)39-32-10-7-8-21-41-32/h11-16,22-23,29,32,38-39H,6-10,17-21,24H2,1-5H3/b33-30-,38-23?/t29-,32?/m0/s1. The molecule has 0 aliphatic carbocycles. The third-order valence-electron chi connectivity index (χ3n) is 9.52. The Balaban J connectivity index is 1.45. The summed E-state index contributed by atoms with van der Waals surface area (Å²) in [4.78, 5) is 2.28. The molecule has 7 nitrogen and oxygen atoms in total. The highest BCUT2D eigenvalue weighted by Crippen LogP contribution is 2.44. The number of benzene rings is 2. The molecule has 3 aliphatic heterocycles. The third-order valence-corrected chi connectivity index (χ3v) is 9.52. The van der Waals surface area contributed by atoms with Gasteiger partial charge in [-0.1, -0.05) is 25.1 Å². The SMILES string of the molecule is CC/C(=C(/B1OC(C)(C)C(C)(C)O1)c1ccc(NC2CCCCO2)c(C=N)c1)c1ccc(O[C@H]2CCN(CCCF)C2)cc1. The van der Waals surface area contributed by atoms with Crippen molar-refractivity contribution in [3.05, 3.63) is 59.2 Å². The van der Waals surface area contributed by atoms with Crippen molar-refractivity contribution in [1.29, 1.82) is 5.41 Å². The quantitative estimate of drug-likeness (QED) is 0.149. The van der Waals surface area contributed by atoms with E-state index in [1.165, 1.54) is 6.21 Å². The minimum absolute atomic E-state index is 0.0409. The summed E-state index contributed by atoms with van der Waals surface area (Å²) in [7, 11) is -0.571. The monoisotopic (exact) mass is 605 g/mol. The maximum atomic E-state index is 12.6. The third kappa shape index (κ3) is 7.39. The van der Waals surface area contributed by atoms with E-state index in [1.54, 1.807) is 0 Å². The van der Waals surface area contributed by atoms with E-state index in [9.17, 15) is 4.39 Å². The van der Waals surface area contributed by atoms with Crippen LogP contribution in [0, 0.1) is 5.41 Å². The molecule has 3 aliphatic rings. The number of alkyl halides is 1. The molecule has 3 fully saturated rings. The highest BCUT2D eigenvalue weighted by Gasteiger charge is 2.53. The van der Waals surface area contributed by atoms with Crippen molar-refractivity contribution in [1.82, 2.24) is 4.90 Å². The van der Waals surface area contributed by atoms with E-state index in [1.807, 2.05) is 18.2 Å². The molecule has 2 aromatic carbocycles. The van der Waals surface area contributed by atoms with Gasteiger partial charge in [0, 0.05) is 43.7 Å². The zero-order chi connectivity index (χ0) is 31.3. The molecule has 0 saturated carbocycles. The number of allylic oxidation sites excluding steroid dienone is 1. The van der Waals surface area contributed by atoms with E-state index < -0.39 is 18.3 Å². The van der Waals surface area contributed by atoms with Gasteiger partial charge in [0.05, 0.1) is 17.9 Å². The number of rotatable bonds is 12. The van der Waals surface area contributed by atoms with Crippen LogP contribution < -0.4 is 10.1 Å². The summed E-state index contributed by atoms with van der Waals surface area (Å²) in [5, 5.41) is 11.7. The van der Waals surface area contributed by atoms with E-state index in [4.69, 9.17) is 24.2 Å². The van der Waals surface area contributed by atoms with Gasteiger partial charge in [0.25, 0.3) is 0 Å². The van der Waals surface area contributed by atoms with E-state index >= 15 is 0 Å². The summed E-state index contributed by atoms with van der Waals surface area (Å²) in [6.45, 7) is 13.5. The topological polar surface area (TPSA) is 76.0 Å². The summed E-state index contributed by atoms with van der Waals surface area (Å²) in [5.41, 5.74) is 4.83. The highest BCUT2D eigenvalue weighted by molar-refractivity contribution is 6.71. The van der Waals surface area contributed by atoms with Crippen LogP contribution in [0.5, 0.6) is 5.75 Å². The number of likely N-dealkylation sites (tertiary alicyclic amines) is 1. The van der Waals surface area contributed by atoms with Gasteiger partial charge in [-0.2, -0.15) is 0 Å². The molecule has 2 aromatic rings. The first-order valence-electron chi connectivity index (χ1n) is 16.3. The first-order valence-corrected chi connectivity index (χ1v) is 16.3. The van der Waals surface area contributed by atoms with Gasteiger partial charge in [-0.05, 0) is 113 Å². The Kier molecular flexibility index (Phi) is 10.5. The second kappa shape index (κ2) is 14.2. The molecule has 0 aromatic heterocycles. The molecule has 5 rings (SSSR count). The van der Waals surface area contributed by atoms with Crippen LogP contribution in [0.1, 0.15) is 89.8 Å². The van der Waals surface area contributed by atoms with Gasteiger partial charge < -0.3 is 29.5 Å². The van der Waals surface area contributed by atoms with Gasteiger partial charge in [-0.3, -0.25) is 9.29 Å². The number of nitrogens with zero attached hydrogens (tertiary/aromatic N) is 1. The van der Waals surface area contributed by atoms with Crippen LogP contribution in [0.2, 0.25) is 0 Å². The van der Waals surface area contributed by atoms with Crippen molar-refractivity contribution in [3.8, 4) is 5.75 Å². The van der Waals surface area contributed by atoms with Crippen LogP contribution in [0.15, 0.2) is 42.5 Å². The molecule has 0 bridgehead atoms. The number of ether oxygens (including phenoxy) is 2. The van der Waals surface area contributed by atoms with Crippen LogP contribution >= 0.6 is 0 Å². The smallest absolute Gasteiger partial charge is 0.489 e. The van der Waals surface area contributed by atoms with Crippen molar-refractivity contribution < 1.29 is 23.2 Å². The molecular weight excluding hydrogens is 556 g/mol. The number of halogens is 1. The van der Waals surface area contributed by atoms with Crippen LogP contribution in [0.3, 0.4) is 0 Å². The van der Waals surface area contributed by atoms with Gasteiger partial charge in [0.15, 0.2) is 0 Å². The molecule has 44 heavy (non-hydrogen) atoms. The molecule has 3 heterocycles. The fourth-order valence-corrected chi connectivity index (χ4v) is 6.28. The molecule has 0 radical (unpaired) electrons. The second-order valence-electron chi connectivity index (χ2n) is 13.2. The number of hydrogen-bond acceptors (Lipinski definition) is 7. The minimum atomic E-state index is -0.571. The summed E-state index contributed by atoms with van der Waals surface area (Å²) < 4.78 is 38.1. The van der Waals surface area contributed by atoms with Crippen molar-refractivity contribution in [2.45, 2.75) is 96.7 Å². The maximum Gasteiger partial charge on any atom is 0.495 e. The minimum Gasteiger partial charge on any atom is -0.489 e. The van der Waals surface area contributed by atoms with Crippen LogP contribution in [0.25, 0.3) is 11.0 Å². The lowest BCUT2D eigenvalue weighted by atomic mass is 9.69. The van der Waals surface area contributed by atoms with Gasteiger partial charge in [0.1, 0.15) is 18.1 Å². The summed E-state index contributed by atoms with van der Waals surface area (Å²) in [5.74, 6) is 0.838. The Morgan fingerprint density at radius 3 is 2.43 bits per heavy atom. The van der Waals surface area contributed by atoms with Crippen LogP contribution in [-0.4, -0.2) is 74.7 Å². The summed E-state index contributed by atoms with van der Waals surface area (Å²) >= 11 is 0.